The average Bonchev–Trinajstić information content (AvgIpc) is 2.30. The number of nitrogens with one attached hydrogen (secondary N) is 1. The van der Waals surface area contributed by atoms with Gasteiger partial charge in [-0.05, 0) is 37.0 Å². The van der Waals surface area contributed by atoms with E-state index in [4.69, 9.17) is 0 Å². The molecule has 0 radical (unpaired) electrons. The molecule has 1 aromatic carbocycles. The third kappa shape index (κ3) is 4.82. The van der Waals surface area contributed by atoms with Crippen molar-refractivity contribution in [1.29, 1.82) is 0 Å². The number of halogens is 2. The first kappa shape index (κ1) is 14.1. The molecule has 0 saturated carbocycles. The Hall–Kier alpha value is -0.960. The molecule has 0 aliphatic heterocycles. The summed E-state index contributed by atoms with van der Waals surface area (Å²) in [5.74, 6) is -0.886. The Bertz CT molecular complexity index is 352. The van der Waals surface area contributed by atoms with Crippen molar-refractivity contribution >= 4 is 0 Å². The minimum absolute atomic E-state index is 0.387. The Morgan fingerprint density at radius 2 is 1.88 bits per heavy atom. The molecule has 0 saturated heterocycles. The highest BCUT2D eigenvalue weighted by atomic mass is 19.2. The van der Waals surface area contributed by atoms with E-state index in [1.54, 1.807) is 6.07 Å². The van der Waals surface area contributed by atoms with Crippen LogP contribution in [0.3, 0.4) is 0 Å². The molecule has 0 aliphatic carbocycles. The zero-order valence-electron chi connectivity index (χ0n) is 10.8. The third-order valence-corrected chi connectivity index (χ3v) is 3.09. The number of hydrogen-bond donors (Lipinski definition) is 1. The number of rotatable bonds is 6. The summed E-state index contributed by atoms with van der Waals surface area (Å²) in [7, 11) is 0. The molecule has 1 nitrogen and oxygen atoms in total. The lowest BCUT2D eigenvalue weighted by atomic mass is 10.0. The van der Waals surface area contributed by atoms with Crippen LogP contribution in [0.25, 0.3) is 0 Å². The van der Waals surface area contributed by atoms with Crippen molar-refractivity contribution in [3.63, 3.8) is 0 Å². The summed E-state index contributed by atoms with van der Waals surface area (Å²) in [5.41, 5.74) is 0.778. The topological polar surface area (TPSA) is 12.0 Å². The highest BCUT2D eigenvalue weighted by Crippen LogP contribution is 2.11. The van der Waals surface area contributed by atoms with Gasteiger partial charge in [0.15, 0.2) is 11.6 Å². The van der Waals surface area contributed by atoms with Gasteiger partial charge in [-0.25, -0.2) is 8.78 Å². The van der Waals surface area contributed by atoms with Gasteiger partial charge in [0.2, 0.25) is 0 Å². The first-order valence-corrected chi connectivity index (χ1v) is 6.20. The van der Waals surface area contributed by atoms with Crippen LogP contribution in [0.5, 0.6) is 0 Å². The van der Waals surface area contributed by atoms with Crippen LogP contribution in [0.2, 0.25) is 0 Å². The molecule has 0 aliphatic rings. The van der Waals surface area contributed by atoms with Gasteiger partial charge in [-0.2, -0.15) is 0 Å². The van der Waals surface area contributed by atoms with Gasteiger partial charge >= 0.3 is 0 Å². The zero-order chi connectivity index (χ0) is 12.8. The molecule has 0 aromatic heterocycles. The van der Waals surface area contributed by atoms with E-state index in [0.717, 1.165) is 18.4 Å². The second kappa shape index (κ2) is 6.70. The fourth-order valence-corrected chi connectivity index (χ4v) is 1.80. The predicted molar refractivity (Wildman–Crippen MR) is 66.7 cm³/mol. The maximum atomic E-state index is 13.0. The molecular formula is C14H21F2N. The van der Waals surface area contributed by atoms with E-state index in [2.05, 4.69) is 26.1 Å². The Morgan fingerprint density at radius 1 is 1.18 bits per heavy atom. The molecule has 0 spiro atoms. The summed E-state index contributed by atoms with van der Waals surface area (Å²) in [6.07, 6.45) is 2.26. The molecule has 2 atom stereocenters. The number of benzene rings is 1. The molecule has 0 heterocycles. The quantitative estimate of drug-likeness (QED) is 0.797. The zero-order valence-corrected chi connectivity index (χ0v) is 10.8. The first-order valence-electron chi connectivity index (χ1n) is 6.20. The van der Waals surface area contributed by atoms with Gasteiger partial charge in [-0.1, -0.05) is 26.3 Å². The van der Waals surface area contributed by atoms with Crippen LogP contribution in [-0.4, -0.2) is 6.04 Å². The summed E-state index contributed by atoms with van der Waals surface area (Å²) >= 11 is 0. The van der Waals surface area contributed by atoms with Crippen molar-refractivity contribution in [2.24, 2.45) is 5.92 Å². The normalized spacial score (nSPS) is 14.6. The number of hydrogen-bond acceptors (Lipinski definition) is 1. The second-order valence-electron chi connectivity index (χ2n) is 4.78. The average molecular weight is 241 g/mol. The molecule has 0 amide bonds. The van der Waals surface area contributed by atoms with Gasteiger partial charge in [0.05, 0.1) is 0 Å². The summed E-state index contributed by atoms with van der Waals surface area (Å²) in [6, 6.07) is 4.42. The van der Waals surface area contributed by atoms with Crippen molar-refractivity contribution in [3.8, 4) is 0 Å². The van der Waals surface area contributed by atoms with Gasteiger partial charge < -0.3 is 5.32 Å². The molecular weight excluding hydrogens is 220 g/mol. The summed E-state index contributed by atoms with van der Waals surface area (Å²) in [4.78, 5) is 0. The maximum Gasteiger partial charge on any atom is 0.159 e. The van der Waals surface area contributed by atoms with E-state index >= 15 is 0 Å². The van der Waals surface area contributed by atoms with E-state index in [9.17, 15) is 8.78 Å². The van der Waals surface area contributed by atoms with Gasteiger partial charge in [0, 0.05) is 12.6 Å². The monoisotopic (exact) mass is 241 g/mol. The summed E-state index contributed by atoms with van der Waals surface area (Å²) in [5, 5.41) is 3.32. The van der Waals surface area contributed by atoms with E-state index in [1.165, 1.54) is 12.1 Å². The van der Waals surface area contributed by atoms with Crippen LogP contribution >= 0.6 is 0 Å². The van der Waals surface area contributed by atoms with Crippen LogP contribution in [-0.2, 0) is 6.54 Å². The SMILES string of the molecule is CCC(C)CC(C)NCc1ccc(F)c(F)c1. The third-order valence-electron chi connectivity index (χ3n) is 3.09. The fraction of sp³-hybridized carbons (Fsp3) is 0.571. The molecule has 96 valence electrons. The fourth-order valence-electron chi connectivity index (χ4n) is 1.80. The van der Waals surface area contributed by atoms with E-state index in [-0.39, 0.29) is 0 Å². The van der Waals surface area contributed by atoms with Gasteiger partial charge in [0.25, 0.3) is 0 Å². The van der Waals surface area contributed by atoms with Crippen LogP contribution in [0.1, 0.15) is 39.2 Å². The first-order chi connectivity index (χ1) is 8.02. The Morgan fingerprint density at radius 3 is 2.47 bits per heavy atom. The molecule has 1 rings (SSSR count). The van der Waals surface area contributed by atoms with Crippen molar-refractivity contribution in [2.75, 3.05) is 0 Å². The van der Waals surface area contributed by atoms with Crippen molar-refractivity contribution < 1.29 is 8.78 Å². The molecule has 1 aromatic rings. The van der Waals surface area contributed by atoms with Crippen molar-refractivity contribution in [1.82, 2.24) is 5.32 Å². The van der Waals surface area contributed by atoms with Crippen LogP contribution in [0.15, 0.2) is 18.2 Å². The van der Waals surface area contributed by atoms with Crippen LogP contribution in [0.4, 0.5) is 8.78 Å². The van der Waals surface area contributed by atoms with Crippen molar-refractivity contribution in [3.05, 3.63) is 35.4 Å². The highest BCUT2D eigenvalue weighted by Gasteiger charge is 2.07. The summed E-state index contributed by atoms with van der Waals surface area (Å²) < 4.78 is 25.7. The van der Waals surface area contributed by atoms with Crippen LogP contribution in [0, 0.1) is 17.6 Å². The van der Waals surface area contributed by atoms with E-state index in [0.29, 0.717) is 18.5 Å². The molecule has 17 heavy (non-hydrogen) atoms. The molecule has 1 N–H and O–H groups in total. The molecule has 0 fully saturated rings. The molecule has 3 heteroatoms. The lowest BCUT2D eigenvalue weighted by molar-refractivity contribution is 0.411. The lowest BCUT2D eigenvalue weighted by Gasteiger charge is -2.17. The Balaban J connectivity index is 2.42. The summed E-state index contributed by atoms with van der Waals surface area (Å²) in [6.45, 7) is 7.09. The maximum absolute atomic E-state index is 13.0. The van der Waals surface area contributed by atoms with Gasteiger partial charge in [-0.3, -0.25) is 0 Å². The lowest BCUT2D eigenvalue weighted by Crippen LogP contribution is -2.27. The smallest absolute Gasteiger partial charge is 0.159 e. The predicted octanol–water partition coefficient (Wildman–Crippen LogP) is 3.88. The van der Waals surface area contributed by atoms with E-state index in [1.807, 2.05) is 0 Å². The largest absolute Gasteiger partial charge is 0.310 e. The van der Waals surface area contributed by atoms with E-state index < -0.39 is 11.6 Å². The Kier molecular flexibility index (Phi) is 5.56. The molecule has 2 unspecified atom stereocenters. The van der Waals surface area contributed by atoms with Crippen LogP contribution < -0.4 is 5.32 Å². The van der Waals surface area contributed by atoms with Gasteiger partial charge in [0.1, 0.15) is 0 Å². The molecule has 0 bridgehead atoms. The highest BCUT2D eigenvalue weighted by molar-refractivity contribution is 5.17. The van der Waals surface area contributed by atoms with Crippen molar-refractivity contribution in [2.45, 2.75) is 46.2 Å². The Labute approximate surface area is 102 Å². The second-order valence-corrected chi connectivity index (χ2v) is 4.78. The minimum Gasteiger partial charge on any atom is -0.310 e. The minimum atomic E-state index is -0.790. The van der Waals surface area contributed by atoms with Gasteiger partial charge in [-0.15, -0.1) is 0 Å². The standard InChI is InChI=1S/C14H21F2N/c1-4-10(2)7-11(3)17-9-12-5-6-13(15)14(16)8-12/h5-6,8,10-11,17H,4,7,9H2,1-3H3.